The Bertz CT molecular complexity index is 478. The number of carbonyl (C=O) groups excluding carboxylic acids is 1. The maximum absolute atomic E-state index is 11.9. The third kappa shape index (κ3) is 9.16. The molecule has 1 radical (unpaired) electrons. The molecule has 0 aliphatic heterocycles. The Hall–Kier alpha value is -1.45. The average Bonchev–Trinajstić information content (AvgIpc) is 2.33. The van der Waals surface area contributed by atoms with Gasteiger partial charge in [-0.3, -0.25) is 9.59 Å². The molecule has 0 aromatic heterocycles. The topological polar surface area (TPSA) is 84.9 Å². The summed E-state index contributed by atoms with van der Waals surface area (Å²) < 4.78 is 44.3. The van der Waals surface area contributed by atoms with Crippen molar-refractivity contribution in [3.05, 3.63) is 24.3 Å². The molecule has 0 saturated heterocycles. The van der Waals surface area contributed by atoms with Gasteiger partial charge in [0.1, 0.15) is 18.0 Å². The van der Waals surface area contributed by atoms with Crippen molar-refractivity contribution in [1.29, 1.82) is 0 Å². The predicted molar refractivity (Wildman–Crippen MR) is 65.0 cm³/mol. The minimum absolute atomic E-state index is 0. The average molecular weight is 316 g/mol. The predicted octanol–water partition coefficient (Wildman–Crippen LogP) is 0.784. The molecule has 10 heteroatoms. The first-order valence-corrected chi connectivity index (χ1v) is 5.23. The largest absolute Gasteiger partial charge is 0.573 e. The van der Waals surface area contributed by atoms with Crippen molar-refractivity contribution < 1.29 is 37.3 Å². The number of nitrogens with one attached hydrogen (secondary N) is 1. The zero-order valence-corrected chi connectivity index (χ0v) is 12.9. The smallest absolute Gasteiger partial charge is 0.484 e. The van der Waals surface area contributed by atoms with Crippen LogP contribution in [0.1, 0.15) is 0 Å². The summed E-state index contributed by atoms with van der Waals surface area (Å²) in [6.45, 7) is -0.993. The second-order valence-corrected chi connectivity index (χ2v) is 3.48. The zero-order valence-electron chi connectivity index (χ0n) is 10.9. The van der Waals surface area contributed by atoms with Crippen LogP contribution in [0.15, 0.2) is 24.3 Å². The van der Waals surface area contributed by atoms with Crippen molar-refractivity contribution in [2.45, 2.75) is 6.36 Å². The molecule has 0 heterocycles. The summed E-state index contributed by atoms with van der Waals surface area (Å²) in [7, 11) is 0. The number of aliphatic carboxylic acids is 1. The maximum atomic E-state index is 11.9. The number of ether oxygens (including phenoxy) is 2. The Labute approximate surface area is 139 Å². The van der Waals surface area contributed by atoms with E-state index in [0.717, 1.165) is 12.1 Å². The van der Waals surface area contributed by atoms with E-state index in [0.29, 0.717) is 0 Å². The van der Waals surface area contributed by atoms with E-state index in [2.05, 4.69) is 10.1 Å². The van der Waals surface area contributed by atoms with Crippen molar-refractivity contribution in [3.8, 4) is 11.5 Å². The third-order valence-electron chi connectivity index (χ3n) is 1.86. The van der Waals surface area contributed by atoms with E-state index in [-0.39, 0.29) is 35.3 Å². The van der Waals surface area contributed by atoms with Gasteiger partial charge in [-0.25, -0.2) is 0 Å². The minimum Gasteiger partial charge on any atom is -0.484 e. The van der Waals surface area contributed by atoms with Crippen molar-refractivity contribution in [1.82, 2.24) is 5.32 Å². The molecule has 2 N–H and O–H groups in total. The van der Waals surface area contributed by atoms with Gasteiger partial charge < -0.3 is 19.9 Å². The molecule has 6 nitrogen and oxygen atoms in total. The molecule has 0 fully saturated rings. The number of carboxylic acid groups (broad SMARTS) is 1. The molecule has 1 rings (SSSR count). The van der Waals surface area contributed by atoms with E-state index in [1.807, 2.05) is 0 Å². The molecule has 0 spiro atoms. The second-order valence-electron chi connectivity index (χ2n) is 3.48. The standard InChI is InChI=1S/C11H10F3NO5.Na/c12-11(13,14)20-8-3-1-7(2-4-8)19-6-9(16)15-5-10(17)18;/h1-4H,5-6H2,(H,15,16)(H,17,18);. The Morgan fingerprint density at radius 1 is 1.14 bits per heavy atom. The summed E-state index contributed by atoms with van der Waals surface area (Å²) in [4.78, 5) is 21.3. The van der Waals surface area contributed by atoms with E-state index < -0.39 is 37.1 Å². The number of rotatable bonds is 6. The number of hydrogen-bond acceptors (Lipinski definition) is 4. The van der Waals surface area contributed by atoms with Crippen LogP contribution in [0.5, 0.6) is 11.5 Å². The summed E-state index contributed by atoms with van der Waals surface area (Å²) in [5.74, 6) is -2.14. The van der Waals surface area contributed by atoms with Gasteiger partial charge in [0.25, 0.3) is 5.91 Å². The van der Waals surface area contributed by atoms with Crippen LogP contribution < -0.4 is 14.8 Å². The molecular weight excluding hydrogens is 306 g/mol. The van der Waals surface area contributed by atoms with E-state index in [4.69, 9.17) is 9.84 Å². The minimum atomic E-state index is -4.78. The number of amides is 1. The first kappa shape index (κ1) is 19.6. The van der Waals surface area contributed by atoms with E-state index in [1.54, 1.807) is 0 Å². The summed E-state index contributed by atoms with van der Waals surface area (Å²) in [5, 5.41) is 10.4. The van der Waals surface area contributed by atoms with Crippen LogP contribution >= 0.6 is 0 Å². The molecule has 0 aliphatic carbocycles. The van der Waals surface area contributed by atoms with Crippen LogP contribution in [0.25, 0.3) is 0 Å². The molecular formula is C11H10F3NNaO5. The Morgan fingerprint density at radius 2 is 1.67 bits per heavy atom. The molecule has 111 valence electrons. The van der Waals surface area contributed by atoms with E-state index in [9.17, 15) is 22.8 Å². The number of halogens is 3. The molecule has 1 aromatic rings. The van der Waals surface area contributed by atoms with Crippen LogP contribution in [0.3, 0.4) is 0 Å². The monoisotopic (exact) mass is 316 g/mol. The second kappa shape index (κ2) is 8.75. The normalized spacial score (nSPS) is 10.2. The van der Waals surface area contributed by atoms with Crippen molar-refractivity contribution in [3.63, 3.8) is 0 Å². The Balaban J connectivity index is 0.00000400. The molecule has 0 unspecified atom stereocenters. The van der Waals surface area contributed by atoms with Gasteiger partial charge in [0.05, 0.1) is 0 Å². The number of alkyl halides is 3. The Kier molecular flexibility index (Phi) is 8.15. The number of carbonyl (C=O) groups is 2. The molecule has 0 bridgehead atoms. The van der Waals surface area contributed by atoms with Crippen LogP contribution in [-0.4, -0.2) is 66.1 Å². The molecule has 1 amide bonds. The van der Waals surface area contributed by atoms with E-state index >= 15 is 0 Å². The number of hydrogen-bond donors (Lipinski definition) is 2. The van der Waals surface area contributed by atoms with Crippen LogP contribution in [0.4, 0.5) is 13.2 Å². The summed E-state index contributed by atoms with van der Waals surface area (Å²) in [6.07, 6.45) is -4.78. The fourth-order valence-corrected chi connectivity index (χ4v) is 1.11. The van der Waals surface area contributed by atoms with Crippen molar-refractivity contribution in [2.75, 3.05) is 13.2 Å². The van der Waals surface area contributed by atoms with Gasteiger partial charge in [0.2, 0.25) is 0 Å². The van der Waals surface area contributed by atoms with Gasteiger partial charge in [-0.1, -0.05) is 0 Å². The molecule has 21 heavy (non-hydrogen) atoms. The summed E-state index contributed by atoms with van der Waals surface area (Å²) in [6, 6.07) is 4.42. The fraction of sp³-hybridized carbons (Fsp3) is 0.273. The van der Waals surface area contributed by atoms with Crippen LogP contribution in [0, 0.1) is 0 Å². The fourth-order valence-electron chi connectivity index (χ4n) is 1.11. The Morgan fingerprint density at radius 3 is 2.14 bits per heavy atom. The molecule has 1 aromatic carbocycles. The van der Waals surface area contributed by atoms with Gasteiger partial charge in [-0.15, -0.1) is 13.2 Å². The first-order chi connectivity index (χ1) is 9.26. The summed E-state index contributed by atoms with van der Waals surface area (Å²) in [5.41, 5.74) is 0. The molecule has 0 saturated carbocycles. The quantitative estimate of drug-likeness (QED) is 0.758. The van der Waals surface area contributed by atoms with Gasteiger partial charge >= 0.3 is 12.3 Å². The first-order valence-electron chi connectivity index (χ1n) is 5.23. The zero-order chi connectivity index (χ0) is 15.2. The summed E-state index contributed by atoms with van der Waals surface area (Å²) >= 11 is 0. The van der Waals surface area contributed by atoms with Crippen molar-refractivity contribution in [2.24, 2.45) is 0 Å². The molecule has 0 atom stereocenters. The maximum Gasteiger partial charge on any atom is 0.573 e. The van der Waals surface area contributed by atoms with E-state index in [1.165, 1.54) is 12.1 Å². The van der Waals surface area contributed by atoms with Gasteiger partial charge in [0, 0.05) is 29.6 Å². The van der Waals surface area contributed by atoms with Crippen LogP contribution in [0.2, 0.25) is 0 Å². The van der Waals surface area contributed by atoms with Gasteiger partial charge in [-0.2, -0.15) is 0 Å². The van der Waals surface area contributed by atoms with Crippen molar-refractivity contribution >= 4 is 41.4 Å². The van der Waals surface area contributed by atoms with Crippen LogP contribution in [-0.2, 0) is 9.59 Å². The number of benzene rings is 1. The SMILES string of the molecule is O=C(O)CNC(=O)COc1ccc(OC(F)(F)F)cc1.[Na]. The molecule has 0 aliphatic rings. The third-order valence-corrected chi connectivity index (χ3v) is 1.86. The number of carboxylic acids is 1. The van der Waals surface area contributed by atoms with Gasteiger partial charge in [0.15, 0.2) is 6.61 Å². The van der Waals surface area contributed by atoms with Gasteiger partial charge in [-0.05, 0) is 24.3 Å².